The second-order valence-electron chi connectivity index (χ2n) is 5.04. The summed E-state index contributed by atoms with van der Waals surface area (Å²) in [5.74, 6) is 0.986. The van der Waals surface area contributed by atoms with E-state index in [0.29, 0.717) is 0 Å². The van der Waals surface area contributed by atoms with Crippen LogP contribution >= 0.6 is 0 Å². The molecule has 0 radical (unpaired) electrons. The summed E-state index contributed by atoms with van der Waals surface area (Å²) in [5.41, 5.74) is 1.26. The summed E-state index contributed by atoms with van der Waals surface area (Å²) in [4.78, 5) is 2.26. The summed E-state index contributed by atoms with van der Waals surface area (Å²) >= 11 is 0. The predicted octanol–water partition coefficient (Wildman–Crippen LogP) is 2.82. The lowest BCUT2D eigenvalue weighted by Crippen LogP contribution is -2.37. The van der Waals surface area contributed by atoms with Gasteiger partial charge in [0.25, 0.3) is 0 Å². The average Bonchev–Trinajstić information content (AvgIpc) is 2.72. The Kier molecular flexibility index (Phi) is 5.22. The van der Waals surface area contributed by atoms with E-state index >= 15 is 0 Å². The molecule has 0 aliphatic heterocycles. The normalized spacial score (nSPS) is 12.4. The molecule has 1 aromatic heterocycles. The van der Waals surface area contributed by atoms with Crippen LogP contribution in [0.1, 0.15) is 38.0 Å². The zero-order valence-electron chi connectivity index (χ0n) is 11.5. The maximum Gasteiger partial charge on any atom is 0.105 e. The lowest BCUT2D eigenvalue weighted by Gasteiger charge is -2.34. The number of aryl methyl sites for hydroxylation is 1. The van der Waals surface area contributed by atoms with Crippen molar-refractivity contribution in [1.29, 1.82) is 0 Å². The van der Waals surface area contributed by atoms with Gasteiger partial charge in [0.15, 0.2) is 0 Å². The molecule has 1 heterocycles. The minimum Gasteiger partial charge on any atom is -0.469 e. The van der Waals surface area contributed by atoms with Crippen LogP contribution in [0.15, 0.2) is 16.7 Å². The first-order valence-electron chi connectivity index (χ1n) is 6.39. The molecule has 0 aliphatic carbocycles. The molecule has 3 heteroatoms. The van der Waals surface area contributed by atoms with Crippen molar-refractivity contribution in [3.05, 3.63) is 23.7 Å². The van der Waals surface area contributed by atoms with Crippen molar-refractivity contribution in [2.75, 3.05) is 20.2 Å². The fourth-order valence-corrected chi connectivity index (χ4v) is 2.24. The Morgan fingerprint density at radius 1 is 1.35 bits per heavy atom. The Morgan fingerprint density at radius 3 is 2.41 bits per heavy atom. The van der Waals surface area contributed by atoms with Gasteiger partial charge in [-0.25, -0.2) is 0 Å². The van der Waals surface area contributed by atoms with E-state index < -0.39 is 0 Å². The van der Waals surface area contributed by atoms with Crippen LogP contribution in [0.2, 0.25) is 0 Å². The van der Waals surface area contributed by atoms with E-state index in [4.69, 9.17) is 4.42 Å². The molecule has 0 atom stereocenters. The Balaban J connectivity index is 2.59. The van der Waals surface area contributed by atoms with Crippen molar-refractivity contribution in [1.82, 2.24) is 4.90 Å². The molecule has 0 amide bonds. The summed E-state index contributed by atoms with van der Waals surface area (Å²) in [5, 5.41) is 9.56. The molecule has 17 heavy (non-hydrogen) atoms. The van der Waals surface area contributed by atoms with Gasteiger partial charge in [-0.05, 0) is 32.9 Å². The molecular weight excluding hydrogens is 214 g/mol. The van der Waals surface area contributed by atoms with E-state index in [0.717, 1.165) is 31.7 Å². The minimum atomic E-state index is 0.0341. The topological polar surface area (TPSA) is 36.6 Å². The molecule has 3 nitrogen and oxygen atoms in total. The molecule has 1 aromatic rings. The highest BCUT2D eigenvalue weighted by Gasteiger charge is 2.27. The summed E-state index contributed by atoms with van der Waals surface area (Å²) in [7, 11) is 2.10. The summed E-state index contributed by atoms with van der Waals surface area (Å²) in [6.45, 7) is 8.34. The van der Waals surface area contributed by atoms with Crippen LogP contribution in [0.4, 0.5) is 0 Å². The van der Waals surface area contributed by atoms with Gasteiger partial charge in [-0.1, -0.05) is 13.8 Å². The monoisotopic (exact) mass is 239 g/mol. The highest BCUT2D eigenvalue weighted by Crippen LogP contribution is 2.27. The summed E-state index contributed by atoms with van der Waals surface area (Å²) in [6.07, 6.45) is 3.75. The second kappa shape index (κ2) is 6.22. The van der Waals surface area contributed by atoms with Crippen molar-refractivity contribution < 1.29 is 9.52 Å². The highest BCUT2D eigenvalue weighted by molar-refractivity contribution is 5.15. The van der Waals surface area contributed by atoms with Gasteiger partial charge in [0.05, 0.1) is 6.26 Å². The number of hydrogen-bond donors (Lipinski definition) is 1. The van der Waals surface area contributed by atoms with Crippen LogP contribution in [-0.4, -0.2) is 30.2 Å². The van der Waals surface area contributed by atoms with Gasteiger partial charge < -0.3 is 14.4 Å². The first-order chi connectivity index (χ1) is 8.06. The number of aliphatic hydroxyl groups excluding tert-OH is 1. The van der Waals surface area contributed by atoms with Gasteiger partial charge in [0.1, 0.15) is 5.76 Å². The smallest absolute Gasteiger partial charge is 0.105 e. The van der Waals surface area contributed by atoms with Crippen LogP contribution in [-0.2, 0) is 6.54 Å². The van der Waals surface area contributed by atoms with Crippen molar-refractivity contribution in [3.8, 4) is 0 Å². The Hall–Kier alpha value is -0.800. The maximum atomic E-state index is 9.56. The number of furan rings is 1. The molecule has 1 N–H and O–H groups in total. The van der Waals surface area contributed by atoms with Gasteiger partial charge in [-0.2, -0.15) is 0 Å². The van der Waals surface area contributed by atoms with Crippen LogP contribution in [0, 0.1) is 12.3 Å². The van der Waals surface area contributed by atoms with Gasteiger partial charge >= 0.3 is 0 Å². The highest BCUT2D eigenvalue weighted by atomic mass is 16.3. The largest absolute Gasteiger partial charge is 0.469 e. The third-order valence-corrected chi connectivity index (χ3v) is 3.85. The van der Waals surface area contributed by atoms with E-state index in [2.05, 4.69) is 25.8 Å². The number of nitrogens with zero attached hydrogens (tertiary/aromatic N) is 1. The molecule has 0 bridgehead atoms. The molecule has 0 fully saturated rings. The standard InChI is InChI=1S/C14H25NO2/c1-5-14(6-2,11-16)10-15(4)9-13-7-8-17-12(13)3/h7-8,16H,5-6,9-11H2,1-4H3. The molecule has 0 unspecified atom stereocenters. The van der Waals surface area contributed by atoms with Crippen molar-refractivity contribution in [2.45, 2.75) is 40.2 Å². The number of aliphatic hydroxyl groups is 1. The van der Waals surface area contributed by atoms with E-state index in [-0.39, 0.29) is 12.0 Å². The third kappa shape index (κ3) is 3.58. The maximum absolute atomic E-state index is 9.56. The van der Waals surface area contributed by atoms with Gasteiger partial charge in [-0.3, -0.25) is 0 Å². The molecule has 0 saturated heterocycles. The first kappa shape index (κ1) is 14.3. The quantitative estimate of drug-likeness (QED) is 0.795. The molecule has 0 aliphatic rings. The number of hydrogen-bond acceptors (Lipinski definition) is 3. The fourth-order valence-electron chi connectivity index (χ4n) is 2.24. The van der Waals surface area contributed by atoms with Crippen LogP contribution in [0.25, 0.3) is 0 Å². The number of rotatable bonds is 7. The lowest BCUT2D eigenvalue weighted by atomic mass is 9.83. The first-order valence-corrected chi connectivity index (χ1v) is 6.39. The van der Waals surface area contributed by atoms with Crippen molar-refractivity contribution in [2.24, 2.45) is 5.41 Å². The van der Waals surface area contributed by atoms with E-state index in [1.54, 1.807) is 6.26 Å². The van der Waals surface area contributed by atoms with Gasteiger partial charge in [0.2, 0.25) is 0 Å². The Morgan fingerprint density at radius 2 is 2.00 bits per heavy atom. The van der Waals surface area contributed by atoms with E-state index in [1.165, 1.54) is 5.56 Å². The van der Waals surface area contributed by atoms with Crippen molar-refractivity contribution >= 4 is 0 Å². The van der Waals surface area contributed by atoms with Gasteiger partial charge in [-0.15, -0.1) is 0 Å². The zero-order chi connectivity index (χ0) is 12.9. The van der Waals surface area contributed by atoms with Crippen LogP contribution in [0.3, 0.4) is 0 Å². The van der Waals surface area contributed by atoms with Crippen LogP contribution < -0.4 is 0 Å². The predicted molar refractivity (Wildman–Crippen MR) is 69.9 cm³/mol. The van der Waals surface area contributed by atoms with E-state index in [9.17, 15) is 5.11 Å². The fraction of sp³-hybridized carbons (Fsp3) is 0.714. The SMILES string of the molecule is CCC(CC)(CO)CN(C)Cc1ccoc1C. The minimum absolute atomic E-state index is 0.0341. The van der Waals surface area contributed by atoms with Crippen molar-refractivity contribution in [3.63, 3.8) is 0 Å². The molecule has 98 valence electrons. The Labute approximate surface area is 104 Å². The molecule has 0 saturated carbocycles. The lowest BCUT2D eigenvalue weighted by molar-refractivity contribution is 0.0729. The third-order valence-electron chi connectivity index (χ3n) is 3.85. The van der Waals surface area contributed by atoms with Crippen LogP contribution in [0.5, 0.6) is 0 Å². The molecule has 0 spiro atoms. The zero-order valence-corrected chi connectivity index (χ0v) is 11.5. The second-order valence-corrected chi connectivity index (χ2v) is 5.04. The average molecular weight is 239 g/mol. The summed E-state index contributed by atoms with van der Waals surface area (Å²) in [6, 6.07) is 2.02. The van der Waals surface area contributed by atoms with Gasteiger partial charge in [0, 0.05) is 30.7 Å². The van der Waals surface area contributed by atoms with E-state index in [1.807, 2.05) is 13.0 Å². The summed E-state index contributed by atoms with van der Waals surface area (Å²) < 4.78 is 5.30. The molecule has 1 rings (SSSR count). The molecule has 0 aromatic carbocycles. The molecular formula is C14H25NO2. The Bertz CT molecular complexity index is 320.